The Hall–Kier alpha value is -1.75. The van der Waals surface area contributed by atoms with E-state index in [0.29, 0.717) is 23.1 Å². The van der Waals surface area contributed by atoms with E-state index >= 15 is 0 Å². The number of imidazole rings is 1. The second-order valence-corrected chi connectivity index (χ2v) is 6.30. The number of hydrogen-bond donors (Lipinski definition) is 2. The summed E-state index contributed by atoms with van der Waals surface area (Å²) in [6, 6.07) is 13.5. The predicted octanol–water partition coefficient (Wildman–Crippen LogP) is 4.18. The van der Waals surface area contributed by atoms with Gasteiger partial charge in [-0.3, -0.25) is 0 Å². The lowest BCUT2D eigenvalue weighted by Crippen LogP contribution is -2.18. The van der Waals surface area contributed by atoms with Gasteiger partial charge in [0, 0.05) is 6.54 Å². The molecule has 0 aliphatic heterocycles. The van der Waals surface area contributed by atoms with Gasteiger partial charge in [0.25, 0.3) is 0 Å². The van der Waals surface area contributed by atoms with Crippen LogP contribution in [0.3, 0.4) is 0 Å². The fourth-order valence-corrected chi connectivity index (χ4v) is 2.75. The zero-order valence-corrected chi connectivity index (χ0v) is 14.1. The Morgan fingerprint density at radius 3 is 2.70 bits per heavy atom. The summed E-state index contributed by atoms with van der Waals surface area (Å²) in [4.78, 5) is 4.60. The van der Waals surface area contributed by atoms with Crippen LogP contribution < -0.4 is 5.32 Å². The van der Waals surface area contributed by atoms with Crippen LogP contribution in [0.25, 0.3) is 11.0 Å². The molecule has 0 amide bonds. The normalized spacial score (nSPS) is 12.5. The summed E-state index contributed by atoms with van der Waals surface area (Å²) >= 11 is 12.1. The number of hydrogen-bond acceptors (Lipinski definition) is 3. The third-order valence-corrected chi connectivity index (χ3v) is 4.27. The molecule has 23 heavy (non-hydrogen) atoms. The van der Waals surface area contributed by atoms with E-state index in [9.17, 15) is 5.11 Å². The van der Waals surface area contributed by atoms with Gasteiger partial charge < -0.3 is 15.0 Å². The van der Waals surface area contributed by atoms with Crippen LogP contribution in [-0.4, -0.2) is 27.3 Å². The fraction of sp³-hybridized carbons (Fsp3) is 0.235. The first-order valence-electron chi connectivity index (χ1n) is 7.35. The van der Waals surface area contributed by atoms with Crippen molar-refractivity contribution in [1.29, 1.82) is 0 Å². The molecule has 0 bridgehead atoms. The standard InChI is InChI=1S/C17H17Cl2N3O/c1-11(23)9-20-17-21-15-4-2-3-5-16(15)22(17)10-12-6-7-13(18)14(19)8-12/h2-8,11,23H,9-10H2,1H3,(H,20,21)/t11-/m0/s1. The smallest absolute Gasteiger partial charge is 0.204 e. The Kier molecular flexibility index (Phi) is 4.76. The van der Waals surface area contributed by atoms with Crippen molar-refractivity contribution in [3.63, 3.8) is 0 Å². The Bertz CT molecular complexity index is 830. The molecular formula is C17H17Cl2N3O. The Morgan fingerprint density at radius 1 is 1.17 bits per heavy atom. The van der Waals surface area contributed by atoms with E-state index in [4.69, 9.17) is 23.2 Å². The minimum Gasteiger partial charge on any atom is -0.392 e. The van der Waals surface area contributed by atoms with Gasteiger partial charge in [0.15, 0.2) is 0 Å². The maximum absolute atomic E-state index is 9.50. The molecule has 1 aromatic heterocycles. The van der Waals surface area contributed by atoms with Gasteiger partial charge in [0.2, 0.25) is 5.95 Å². The minimum atomic E-state index is -0.451. The number of aliphatic hydroxyl groups excluding tert-OH is 1. The maximum atomic E-state index is 9.50. The van der Waals surface area contributed by atoms with Crippen molar-refractivity contribution >= 4 is 40.2 Å². The van der Waals surface area contributed by atoms with Crippen LogP contribution in [-0.2, 0) is 6.54 Å². The van der Waals surface area contributed by atoms with Crippen LogP contribution in [0, 0.1) is 0 Å². The van der Waals surface area contributed by atoms with E-state index in [1.807, 2.05) is 36.4 Å². The summed E-state index contributed by atoms with van der Waals surface area (Å²) in [6.45, 7) is 2.78. The average molecular weight is 350 g/mol. The minimum absolute atomic E-state index is 0.435. The molecule has 1 atom stereocenters. The molecular weight excluding hydrogens is 333 g/mol. The Labute approximate surface area is 144 Å². The number of fused-ring (bicyclic) bond motifs is 1. The van der Waals surface area contributed by atoms with Crippen molar-refractivity contribution in [2.45, 2.75) is 19.6 Å². The highest BCUT2D eigenvalue weighted by Gasteiger charge is 2.12. The number of aromatic nitrogens is 2. The molecule has 0 unspecified atom stereocenters. The molecule has 1 heterocycles. The highest BCUT2D eigenvalue weighted by molar-refractivity contribution is 6.42. The van der Waals surface area contributed by atoms with Crippen molar-refractivity contribution < 1.29 is 5.11 Å². The number of nitrogens with one attached hydrogen (secondary N) is 1. The lowest BCUT2D eigenvalue weighted by Gasteiger charge is -2.12. The van der Waals surface area contributed by atoms with Crippen molar-refractivity contribution in [3.8, 4) is 0 Å². The molecule has 120 valence electrons. The van der Waals surface area contributed by atoms with Gasteiger partial charge in [-0.1, -0.05) is 41.4 Å². The molecule has 0 radical (unpaired) electrons. The van der Waals surface area contributed by atoms with Crippen LogP contribution in [0.4, 0.5) is 5.95 Å². The third-order valence-electron chi connectivity index (χ3n) is 3.53. The van der Waals surface area contributed by atoms with Gasteiger partial charge in [-0.05, 0) is 36.8 Å². The topological polar surface area (TPSA) is 50.1 Å². The Morgan fingerprint density at radius 2 is 1.96 bits per heavy atom. The summed E-state index contributed by atoms with van der Waals surface area (Å²) in [7, 11) is 0. The van der Waals surface area contributed by atoms with E-state index in [1.54, 1.807) is 13.0 Å². The highest BCUT2D eigenvalue weighted by Crippen LogP contribution is 2.25. The summed E-state index contributed by atoms with van der Waals surface area (Å²) in [5, 5.41) is 13.8. The molecule has 4 nitrogen and oxygen atoms in total. The largest absolute Gasteiger partial charge is 0.392 e. The zero-order chi connectivity index (χ0) is 16.4. The number of aliphatic hydroxyl groups is 1. The fourth-order valence-electron chi connectivity index (χ4n) is 2.43. The van der Waals surface area contributed by atoms with Crippen LogP contribution in [0.15, 0.2) is 42.5 Å². The molecule has 3 aromatic rings. The molecule has 0 saturated carbocycles. The molecule has 0 aliphatic carbocycles. The molecule has 2 N–H and O–H groups in total. The molecule has 0 saturated heterocycles. The molecule has 2 aromatic carbocycles. The summed E-state index contributed by atoms with van der Waals surface area (Å²) < 4.78 is 2.07. The average Bonchev–Trinajstić information content (AvgIpc) is 2.87. The second-order valence-electron chi connectivity index (χ2n) is 5.49. The van der Waals surface area contributed by atoms with Gasteiger partial charge in [0.1, 0.15) is 0 Å². The quantitative estimate of drug-likeness (QED) is 0.726. The van der Waals surface area contributed by atoms with Crippen LogP contribution in [0.2, 0.25) is 10.0 Å². The Balaban J connectivity index is 1.99. The molecule has 0 spiro atoms. The number of para-hydroxylation sites is 2. The molecule has 0 aliphatic rings. The van der Waals surface area contributed by atoms with Gasteiger partial charge >= 0.3 is 0 Å². The van der Waals surface area contributed by atoms with E-state index in [2.05, 4.69) is 14.9 Å². The van der Waals surface area contributed by atoms with Crippen molar-refractivity contribution in [3.05, 3.63) is 58.1 Å². The van der Waals surface area contributed by atoms with E-state index in [-0.39, 0.29) is 0 Å². The lowest BCUT2D eigenvalue weighted by atomic mass is 10.2. The first-order chi connectivity index (χ1) is 11.0. The number of anilines is 1. The van der Waals surface area contributed by atoms with Crippen LogP contribution in [0.5, 0.6) is 0 Å². The van der Waals surface area contributed by atoms with Crippen LogP contribution >= 0.6 is 23.2 Å². The van der Waals surface area contributed by atoms with Gasteiger partial charge in [0.05, 0.1) is 33.7 Å². The van der Waals surface area contributed by atoms with Crippen LogP contribution in [0.1, 0.15) is 12.5 Å². The summed E-state index contributed by atoms with van der Waals surface area (Å²) in [5.41, 5.74) is 2.95. The SMILES string of the molecule is C[C@H](O)CNc1nc2ccccc2n1Cc1ccc(Cl)c(Cl)c1. The molecule has 6 heteroatoms. The van der Waals surface area contributed by atoms with Crippen molar-refractivity contribution in [2.75, 3.05) is 11.9 Å². The maximum Gasteiger partial charge on any atom is 0.204 e. The highest BCUT2D eigenvalue weighted by atomic mass is 35.5. The van der Waals surface area contributed by atoms with E-state index in [0.717, 1.165) is 22.5 Å². The molecule has 3 rings (SSSR count). The first-order valence-corrected chi connectivity index (χ1v) is 8.11. The lowest BCUT2D eigenvalue weighted by molar-refractivity contribution is 0.208. The number of benzene rings is 2. The van der Waals surface area contributed by atoms with E-state index < -0.39 is 6.10 Å². The zero-order valence-electron chi connectivity index (χ0n) is 12.6. The monoisotopic (exact) mass is 349 g/mol. The van der Waals surface area contributed by atoms with E-state index in [1.165, 1.54) is 0 Å². The van der Waals surface area contributed by atoms with Gasteiger partial charge in [-0.25, -0.2) is 4.98 Å². The summed E-state index contributed by atoms with van der Waals surface area (Å²) in [5.74, 6) is 0.721. The second kappa shape index (κ2) is 6.79. The number of nitrogens with zero attached hydrogens (tertiary/aromatic N) is 2. The number of rotatable bonds is 5. The van der Waals surface area contributed by atoms with Crippen molar-refractivity contribution in [2.24, 2.45) is 0 Å². The number of halogens is 2. The van der Waals surface area contributed by atoms with Gasteiger partial charge in [-0.2, -0.15) is 0 Å². The third kappa shape index (κ3) is 3.61. The molecule has 0 fully saturated rings. The van der Waals surface area contributed by atoms with Crippen molar-refractivity contribution in [1.82, 2.24) is 9.55 Å². The first kappa shape index (κ1) is 16.1. The van der Waals surface area contributed by atoms with Gasteiger partial charge in [-0.15, -0.1) is 0 Å². The summed E-state index contributed by atoms with van der Waals surface area (Å²) in [6.07, 6.45) is -0.451. The predicted molar refractivity (Wildman–Crippen MR) is 95.5 cm³/mol.